The summed E-state index contributed by atoms with van der Waals surface area (Å²) >= 11 is 0. The maximum absolute atomic E-state index is 7.62. The molecule has 10 atom stereocenters. The third-order valence-corrected chi connectivity index (χ3v) is 25.6. The molecule has 2 heterocycles. The van der Waals surface area contributed by atoms with Gasteiger partial charge in [0.1, 0.15) is 0 Å². The lowest BCUT2D eigenvalue weighted by Crippen LogP contribution is -2.59. The number of hydrogen-bond donors (Lipinski definition) is 0. The Kier molecular flexibility index (Phi) is 6.75. The minimum absolute atomic E-state index is 0.451. The molecule has 5 aliphatic carbocycles. The summed E-state index contributed by atoms with van der Waals surface area (Å²) in [5.74, 6) is 5.61. The fourth-order valence-electron chi connectivity index (χ4n) is 12.6. The van der Waals surface area contributed by atoms with Gasteiger partial charge in [-0.25, -0.2) is 0 Å². The fourth-order valence-corrected chi connectivity index (χ4v) is 21.6. The van der Waals surface area contributed by atoms with E-state index >= 15 is 0 Å². The highest BCUT2D eigenvalue weighted by Gasteiger charge is 2.67. The Balaban J connectivity index is 1.12. The van der Waals surface area contributed by atoms with Gasteiger partial charge in [0.2, 0.25) is 0 Å². The molecule has 2 aliphatic heterocycles. The fraction of sp³-hybridized carbons (Fsp3) is 1.00. The molecule has 0 aromatic carbocycles. The van der Waals surface area contributed by atoms with Crippen LogP contribution >= 0.6 is 0 Å². The van der Waals surface area contributed by atoms with Crippen LogP contribution < -0.4 is 0 Å². The molecule has 7 fully saturated rings. The number of hydrogen-bond acceptors (Lipinski definition) is 2. The zero-order chi connectivity index (χ0) is 26.5. The number of rotatable bonds is 6. The predicted molar refractivity (Wildman–Crippen MR) is 163 cm³/mol. The van der Waals surface area contributed by atoms with Gasteiger partial charge in [0.15, 0.2) is 16.6 Å². The van der Waals surface area contributed by atoms with E-state index in [1.54, 1.807) is 0 Å². The van der Waals surface area contributed by atoms with Crippen LogP contribution in [0.3, 0.4) is 0 Å². The van der Waals surface area contributed by atoms with Gasteiger partial charge in [0, 0.05) is 0 Å². The van der Waals surface area contributed by atoms with E-state index in [4.69, 9.17) is 8.85 Å². The van der Waals surface area contributed by atoms with Crippen LogP contribution in [0.1, 0.15) is 119 Å². The van der Waals surface area contributed by atoms with Gasteiger partial charge in [-0.3, -0.25) is 0 Å². The van der Waals surface area contributed by atoms with Crippen LogP contribution in [0, 0.1) is 46.3 Å². The molecule has 38 heavy (non-hydrogen) atoms. The molecule has 0 aromatic rings. The Morgan fingerprint density at radius 1 is 0.632 bits per heavy atom. The molecular formula is C34H60O2Si2. The summed E-state index contributed by atoms with van der Waals surface area (Å²) in [6.07, 6.45) is 18.7. The first-order valence-electron chi connectivity index (χ1n) is 17.5. The van der Waals surface area contributed by atoms with Gasteiger partial charge in [-0.2, -0.15) is 0 Å². The monoisotopic (exact) mass is 556 g/mol. The first-order chi connectivity index (χ1) is 18.1. The minimum Gasteiger partial charge on any atom is -0.413 e. The van der Waals surface area contributed by atoms with E-state index in [1.165, 1.54) is 101 Å². The molecule has 2 nitrogen and oxygen atoms in total. The minimum atomic E-state index is -1.55. The standard InChI is InChI=1S/C34H60O2Si2/c1-23(2)37(17-7-8-18-37)35-31-14-13-28-26-11-12-30-32(36-38(24(3)4)19-9-10-20-38)27-21-25(27)22-34(30,6)29(26)15-16-33(28,31)5/h23-32H,7-22H2,1-6H3/t25-,26?,27-,28?,29?,30+,31+,32-,33+,34-/m1/s1. The molecule has 0 spiro atoms. The lowest BCUT2D eigenvalue weighted by Gasteiger charge is -2.62. The van der Waals surface area contributed by atoms with Crippen molar-refractivity contribution in [3.8, 4) is 0 Å². The average Bonchev–Trinajstić information content (AvgIpc) is 3.22. The van der Waals surface area contributed by atoms with Crippen LogP contribution in [0.15, 0.2) is 0 Å². The topological polar surface area (TPSA) is 18.5 Å². The van der Waals surface area contributed by atoms with Gasteiger partial charge in [-0.05, 0) is 133 Å². The van der Waals surface area contributed by atoms with Crippen LogP contribution in [0.2, 0.25) is 35.3 Å². The van der Waals surface area contributed by atoms with Crippen LogP contribution in [0.4, 0.5) is 0 Å². The molecule has 7 aliphatic rings. The Hall–Kier alpha value is 0.354. The molecule has 216 valence electrons. The molecule has 0 bridgehead atoms. The second kappa shape index (κ2) is 9.43. The van der Waals surface area contributed by atoms with Gasteiger partial charge >= 0.3 is 0 Å². The lowest BCUT2D eigenvalue weighted by molar-refractivity contribution is -0.147. The molecule has 0 aromatic heterocycles. The zero-order valence-electron chi connectivity index (χ0n) is 25.9. The normalized spacial score (nSPS) is 50.5. The van der Waals surface area contributed by atoms with Crippen molar-refractivity contribution in [3.63, 3.8) is 0 Å². The maximum atomic E-state index is 7.62. The van der Waals surface area contributed by atoms with Gasteiger partial charge < -0.3 is 8.85 Å². The third kappa shape index (κ3) is 3.94. The molecule has 3 unspecified atom stereocenters. The van der Waals surface area contributed by atoms with Crippen molar-refractivity contribution in [1.82, 2.24) is 0 Å². The largest absolute Gasteiger partial charge is 0.413 e. The molecule has 4 heteroatoms. The van der Waals surface area contributed by atoms with Crippen molar-refractivity contribution in [2.75, 3.05) is 0 Å². The third-order valence-electron chi connectivity index (χ3n) is 15.1. The molecule has 2 saturated heterocycles. The molecule has 5 saturated carbocycles. The van der Waals surface area contributed by atoms with Gasteiger partial charge in [0.05, 0.1) is 12.2 Å². The van der Waals surface area contributed by atoms with Crippen molar-refractivity contribution < 1.29 is 8.85 Å². The smallest absolute Gasteiger partial charge is 0.195 e. The van der Waals surface area contributed by atoms with Crippen LogP contribution in [0.5, 0.6) is 0 Å². The van der Waals surface area contributed by atoms with E-state index in [0.29, 0.717) is 23.0 Å². The molecule has 0 radical (unpaired) electrons. The van der Waals surface area contributed by atoms with E-state index in [1.807, 2.05) is 0 Å². The highest BCUT2D eigenvalue weighted by Crippen LogP contribution is 2.71. The Bertz CT molecular complexity index is 891. The first-order valence-corrected chi connectivity index (χ1v) is 22.3. The van der Waals surface area contributed by atoms with Gasteiger partial charge in [-0.15, -0.1) is 0 Å². The highest BCUT2D eigenvalue weighted by molar-refractivity contribution is 6.76. The number of fused-ring (bicyclic) bond motifs is 6. The van der Waals surface area contributed by atoms with Crippen molar-refractivity contribution in [3.05, 3.63) is 0 Å². The molecule has 0 amide bonds. The van der Waals surface area contributed by atoms with Crippen LogP contribution in [-0.4, -0.2) is 28.8 Å². The summed E-state index contributed by atoms with van der Waals surface area (Å²) in [5.41, 5.74) is 2.58. The molecular weight excluding hydrogens is 497 g/mol. The summed E-state index contributed by atoms with van der Waals surface area (Å²) in [4.78, 5) is 0. The van der Waals surface area contributed by atoms with Crippen molar-refractivity contribution in [2.24, 2.45) is 46.3 Å². The van der Waals surface area contributed by atoms with Crippen molar-refractivity contribution in [2.45, 2.75) is 166 Å². The van der Waals surface area contributed by atoms with Crippen LogP contribution in [-0.2, 0) is 8.85 Å². The Morgan fingerprint density at radius 3 is 1.84 bits per heavy atom. The lowest BCUT2D eigenvalue weighted by atomic mass is 9.45. The molecule has 7 rings (SSSR count). The highest BCUT2D eigenvalue weighted by atomic mass is 28.4. The zero-order valence-corrected chi connectivity index (χ0v) is 27.9. The maximum Gasteiger partial charge on any atom is 0.195 e. The second-order valence-corrected chi connectivity index (χ2v) is 26.1. The second-order valence-electron chi connectivity index (χ2n) is 17.1. The molecule has 0 N–H and O–H groups in total. The first kappa shape index (κ1) is 27.2. The summed E-state index contributed by atoms with van der Waals surface area (Å²) < 4.78 is 15.1. The Labute approximate surface area is 237 Å². The predicted octanol–water partition coefficient (Wildman–Crippen LogP) is 9.95. The van der Waals surface area contributed by atoms with Crippen molar-refractivity contribution >= 4 is 16.6 Å². The Morgan fingerprint density at radius 2 is 1.21 bits per heavy atom. The van der Waals surface area contributed by atoms with E-state index in [0.717, 1.165) is 46.6 Å². The van der Waals surface area contributed by atoms with E-state index in [9.17, 15) is 0 Å². The quantitative estimate of drug-likeness (QED) is 0.303. The van der Waals surface area contributed by atoms with E-state index in [-0.39, 0.29) is 0 Å². The summed E-state index contributed by atoms with van der Waals surface area (Å²) in [7, 11) is -3.10. The summed E-state index contributed by atoms with van der Waals surface area (Å²) in [6.45, 7) is 15.5. The van der Waals surface area contributed by atoms with Crippen molar-refractivity contribution in [1.29, 1.82) is 0 Å². The summed E-state index contributed by atoms with van der Waals surface area (Å²) in [5, 5.41) is 0. The average molecular weight is 557 g/mol. The summed E-state index contributed by atoms with van der Waals surface area (Å²) in [6, 6.07) is 5.80. The van der Waals surface area contributed by atoms with Crippen LogP contribution in [0.25, 0.3) is 0 Å². The van der Waals surface area contributed by atoms with Gasteiger partial charge in [-0.1, -0.05) is 67.2 Å². The SMILES string of the molecule is CC(C)[Si]1(O[C@@H]2[C@@H]3C[C@@H]3C[C@]3(C)C4CC[C@@]5(C)C(CC[C@@H]5O[Si]5(C(C)C)CCCC5)C4CC[C@@H]23)CCCC1. The van der Waals surface area contributed by atoms with E-state index in [2.05, 4.69) is 41.5 Å². The van der Waals surface area contributed by atoms with E-state index < -0.39 is 16.6 Å². The van der Waals surface area contributed by atoms with Gasteiger partial charge in [0.25, 0.3) is 0 Å².